The van der Waals surface area contributed by atoms with Gasteiger partial charge in [0.15, 0.2) is 0 Å². The monoisotopic (exact) mass is 202 g/mol. The third kappa shape index (κ3) is 3.77. The van der Waals surface area contributed by atoms with Gasteiger partial charge < -0.3 is 4.42 Å². The van der Waals surface area contributed by atoms with Gasteiger partial charge in [-0.25, -0.2) is 0 Å². The fourth-order valence-electron chi connectivity index (χ4n) is 1.04. The van der Waals surface area contributed by atoms with Crippen molar-refractivity contribution in [2.75, 3.05) is 5.88 Å². The third-order valence-corrected chi connectivity index (χ3v) is 1.88. The van der Waals surface area contributed by atoms with Crippen molar-refractivity contribution in [3.63, 3.8) is 0 Å². The van der Waals surface area contributed by atoms with E-state index in [0.29, 0.717) is 17.7 Å². The van der Waals surface area contributed by atoms with E-state index in [1.54, 1.807) is 0 Å². The molecule has 1 rings (SSSR count). The number of hydrogen-bond donors (Lipinski definition) is 0. The molecule has 3 nitrogen and oxygen atoms in total. The van der Waals surface area contributed by atoms with Crippen LogP contribution in [0.15, 0.2) is 4.42 Å². The van der Waals surface area contributed by atoms with Gasteiger partial charge >= 0.3 is 0 Å². The van der Waals surface area contributed by atoms with E-state index in [4.69, 9.17) is 16.0 Å². The first-order chi connectivity index (χ1) is 6.22. The highest BCUT2D eigenvalue weighted by Crippen LogP contribution is 2.08. The SMILES string of the molecule is CC(C)Cc1nnc(CCCCl)o1. The Labute approximate surface area is 83.5 Å². The van der Waals surface area contributed by atoms with Crippen LogP contribution in [0.3, 0.4) is 0 Å². The molecule has 1 aromatic rings. The van der Waals surface area contributed by atoms with Gasteiger partial charge in [0, 0.05) is 18.7 Å². The molecule has 0 aliphatic carbocycles. The second-order valence-electron chi connectivity index (χ2n) is 3.48. The van der Waals surface area contributed by atoms with Gasteiger partial charge in [-0.1, -0.05) is 13.8 Å². The summed E-state index contributed by atoms with van der Waals surface area (Å²) in [6.07, 6.45) is 2.54. The Morgan fingerprint density at radius 3 is 2.62 bits per heavy atom. The lowest BCUT2D eigenvalue weighted by Gasteiger charge is -1.96. The van der Waals surface area contributed by atoms with Crippen molar-refractivity contribution < 1.29 is 4.42 Å². The van der Waals surface area contributed by atoms with E-state index in [1.807, 2.05) is 0 Å². The zero-order chi connectivity index (χ0) is 9.68. The van der Waals surface area contributed by atoms with Gasteiger partial charge in [-0.2, -0.15) is 0 Å². The average molecular weight is 203 g/mol. The average Bonchev–Trinajstić information content (AvgIpc) is 2.48. The summed E-state index contributed by atoms with van der Waals surface area (Å²) in [6.45, 7) is 4.26. The minimum atomic E-state index is 0.557. The summed E-state index contributed by atoms with van der Waals surface area (Å²) in [7, 11) is 0. The lowest BCUT2D eigenvalue weighted by molar-refractivity contribution is 0.424. The summed E-state index contributed by atoms with van der Waals surface area (Å²) in [5, 5.41) is 7.88. The summed E-state index contributed by atoms with van der Waals surface area (Å²) in [6, 6.07) is 0. The summed E-state index contributed by atoms with van der Waals surface area (Å²) >= 11 is 5.55. The molecule has 13 heavy (non-hydrogen) atoms. The van der Waals surface area contributed by atoms with Crippen LogP contribution in [-0.2, 0) is 12.8 Å². The van der Waals surface area contributed by atoms with Gasteiger partial charge in [-0.05, 0) is 12.3 Å². The summed E-state index contributed by atoms with van der Waals surface area (Å²) in [5.74, 6) is 2.64. The molecule has 4 heteroatoms. The smallest absolute Gasteiger partial charge is 0.216 e. The van der Waals surface area contributed by atoms with Crippen molar-refractivity contribution in [3.8, 4) is 0 Å². The first kappa shape index (κ1) is 10.5. The number of halogens is 1. The van der Waals surface area contributed by atoms with Crippen molar-refractivity contribution in [2.45, 2.75) is 33.1 Å². The zero-order valence-electron chi connectivity index (χ0n) is 8.09. The summed E-state index contributed by atoms with van der Waals surface area (Å²) < 4.78 is 5.42. The third-order valence-electron chi connectivity index (χ3n) is 1.62. The second kappa shape index (κ2) is 5.22. The van der Waals surface area contributed by atoms with Crippen LogP contribution in [0.25, 0.3) is 0 Å². The molecule has 0 atom stereocenters. The van der Waals surface area contributed by atoms with Crippen LogP contribution in [0, 0.1) is 5.92 Å². The predicted octanol–water partition coefficient (Wildman–Crippen LogP) is 2.44. The second-order valence-corrected chi connectivity index (χ2v) is 3.86. The molecule has 1 heterocycles. The Balaban J connectivity index is 2.44. The van der Waals surface area contributed by atoms with Gasteiger partial charge in [-0.15, -0.1) is 21.8 Å². The number of hydrogen-bond acceptors (Lipinski definition) is 3. The van der Waals surface area contributed by atoms with E-state index >= 15 is 0 Å². The van der Waals surface area contributed by atoms with Crippen LogP contribution >= 0.6 is 11.6 Å². The molecule has 0 amide bonds. The molecule has 0 aliphatic rings. The van der Waals surface area contributed by atoms with Gasteiger partial charge in [-0.3, -0.25) is 0 Å². The first-order valence-electron chi connectivity index (χ1n) is 4.59. The van der Waals surface area contributed by atoms with E-state index in [9.17, 15) is 0 Å². The van der Waals surface area contributed by atoms with Crippen LogP contribution in [0.2, 0.25) is 0 Å². The molecule has 0 N–H and O–H groups in total. The highest BCUT2D eigenvalue weighted by atomic mass is 35.5. The van der Waals surface area contributed by atoms with Crippen LogP contribution in [-0.4, -0.2) is 16.1 Å². The Morgan fingerprint density at radius 2 is 2.00 bits per heavy atom. The minimum Gasteiger partial charge on any atom is -0.425 e. The number of aromatic nitrogens is 2. The van der Waals surface area contributed by atoms with Crippen LogP contribution < -0.4 is 0 Å². The largest absolute Gasteiger partial charge is 0.425 e. The summed E-state index contributed by atoms with van der Waals surface area (Å²) in [4.78, 5) is 0. The molecular weight excluding hydrogens is 188 g/mol. The molecule has 0 spiro atoms. The standard InChI is InChI=1S/C9H15ClN2O/c1-7(2)6-9-12-11-8(13-9)4-3-5-10/h7H,3-6H2,1-2H3. The van der Waals surface area contributed by atoms with Crippen LogP contribution in [0.1, 0.15) is 32.0 Å². The maximum atomic E-state index is 5.55. The molecular formula is C9H15ClN2O. The Hall–Kier alpha value is -0.570. The predicted molar refractivity (Wildman–Crippen MR) is 51.9 cm³/mol. The highest BCUT2D eigenvalue weighted by molar-refractivity contribution is 6.17. The van der Waals surface area contributed by atoms with E-state index in [0.717, 1.165) is 25.2 Å². The summed E-state index contributed by atoms with van der Waals surface area (Å²) in [5.41, 5.74) is 0. The number of aryl methyl sites for hydroxylation is 1. The van der Waals surface area contributed by atoms with E-state index < -0.39 is 0 Å². The fourth-order valence-corrected chi connectivity index (χ4v) is 1.17. The normalized spacial score (nSPS) is 11.1. The maximum absolute atomic E-state index is 5.55. The quantitative estimate of drug-likeness (QED) is 0.689. The number of nitrogens with zero attached hydrogens (tertiary/aromatic N) is 2. The van der Waals surface area contributed by atoms with Gasteiger partial charge in [0.2, 0.25) is 11.8 Å². The van der Waals surface area contributed by atoms with Gasteiger partial charge in [0.05, 0.1) is 0 Å². The Kier molecular flexibility index (Phi) is 4.22. The van der Waals surface area contributed by atoms with Crippen molar-refractivity contribution in [3.05, 3.63) is 11.8 Å². The topological polar surface area (TPSA) is 38.9 Å². The molecule has 0 radical (unpaired) electrons. The number of alkyl halides is 1. The lowest BCUT2D eigenvalue weighted by atomic mass is 10.1. The maximum Gasteiger partial charge on any atom is 0.216 e. The molecule has 0 saturated carbocycles. The fraction of sp³-hybridized carbons (Fsp3) is 0.778. The molecule has 74 valence electrons. The molecule has 1 aromatic heterocycles. The molecule has 0 aliphatic heterocycles. The van der Waals surface area contributed by atoms with E-state index in [2.05, 4.69) is 24.0 Å². The Morgan fingerprint density at radius 1 is 1.31 bits per heavy atom. The molecule has 0 aromatic carbocycles. The van der Waals surface area contributed by atoms with E-state index in [-0.39, 0.29) is 0 Å². The van der Waals surface area contributed by atoms with Crippen molar-refractivity contribution >= 4 is 11.6 Å². The lowest BCUT2D eigenvalue weighted by Crippen LogP contribution is -1.93. The van der Waals surface area contributed by atoms with E-state index in [1.165, 1.54) is 0 Å². The Bertz CT molecular complexity index is 248. The minimum absolute atomic E-state index is 0.557. The van der Waals surface area contributed by atoms with Crippen molar-refractivity contribution in [1.82, 2.24) is 10.2 Å². The molecule has 0 bridgehead atoms. The van der Waals surface area contributed by atoms with Gasteiger partial charge in [0.1, 0.15) is 0 Å². The number of rotatable bonds is 5. The molecule has 0 fully saturated rings. The van der Waals surface area contributed by atoms with Crippen LogP contribution in [0.4, 0.5) is 0 Å². The molecule has 0 unspecified atom stereocenters. The highest BCUT2D eigenvalue weighted by Gasteiger charge is 2.06. The van der Waals surface area contributed by atoms with Crippen molar-refractivity contribution in [2.24, 2.45) is 5.92 Å². The molecule has 0 saturated heterocycles. The van der Waals surface area contributed by atoms with Gasteiger partial charge in [0.25, 0.3) is 0 Å². The zero-order valence-corrected chi connectivity index (χ0v) is 8.84. The van der Waals surface area contributed by atoms with Crippen LogP contribution in [0.5, 0.6) is 0 Å². The van der Waals surface area contributed by atoms with Crippen molar-refractivity contribution in [1.29, 1.82) is 0 Å². The first-order valence-corrected chi connectivity index (χ1v) is 5.13.